The number of benzene rings is 2. The lowest BCUT2D eigenvalue weighted by atomic mass is 10.3. The first-order valence-electron chi connectivity index (χ1n) is 8.68. The molecule has 0 fully saturated rings. The van der Waals surface area contributed by atoms with E-state index in [2.05, 4.69) is 10.4 Å². The van der Waals surface area contributed by atoms with Crippen molar-refractivity contribution < 1.29 is 19.1 Å². The largest absolute Gasteiger partial charge is 0.482 e. The molecule has 0 spiro atoms. The standard InChI is InChI=1S/C20H17Cl2N3O4/c1-2-28-20(27)15-11-23-25(14-6-4-3-5-7-14)19(15)24-18(26)12-29-17-10-13(21)8-9-16(17)22/h3-11H,2,12H2,1H3,(H,24,26). The van der Waals surface area contributed by atoms with Crippen LogP contribution < -0.4 is 10.1 Å². The highest BCUT2D eigenvalue weighted by Crippen LogP contribution is 2.28. The van der Waals surface area contributed by atoms with Gasteiger partial charge in [0.15, 0.2) is 12.4 Å². The van der Waals surface area contributed by atoms with Crippen LogP contribution in [-0.4, -0.2) is 34.9 Å². The topological polar surface area (TPSA) is 82.5 Å². The second-order valence-corrected chi connectivity index (χ2v) is 6.63. The van der Waals surface area contributed by atoms with E-state index in [0.29, 0.717) is 15.7 Å². The van der Waals surface area contributed by atoms with Gasteiger partial charge in [0.05, 0.1) is 23.5 Å². The van der Waals surface area contributed by atoms with Crippen molar-refractivity contribution in [2.24, 2.45) is 0 Å². The Bertz CT molecular complexity index is 1020. The third-order valence-corrected chi connectivity index (χ3v) is 4.32. The molecule has 0 saturated heterocycles. The van der Waals surface area contributed by atoms with Gasteiger partial charge in [-0.05, 0) is 31.2 Å². The first kappa shape index (κ1) is 20.7. The first-order chi connectivity index (χ1) is 14.0. The summed E-state index contributed by atoms with van der Waals surface area (Å²) in [5.74, 6) is -0.648. The van der Waals surface area contributed by atoms with Crippen molar-refractivity contribution in [1.29, 1.82) is 0 Å². The van der Waals surface area contributed by atoms with Crippen LogP contribution in [0.4, 0.5) is 5.82 Å². The molecule has 9 heteroatoms. The molecular weight excluding hydrogens is 417 g/mol. The van der Waals surface area contributed by atoms with Gasteiger partial charge in [-0.15, -0.1) is 0 Å². The average Bonchev–Trinajstić information content (AvgIpc) is 3.13. The molecule has 0 bridgehead atoms. The highest BCUT2D eigenvalue weighted by atomic mass is 35.5. The van der Waals surface area contributed by atoms with Crippen LogP contribution in [0.25, 0.3) is 5.69 Å². The Hall–Kier alpha value is -3.03. The van der Waals surface area contributed by atoms with Gasteiger partial charge in [0.2, 0.25) is 0 Å². The molecule has 2 aromatic carbocycles. The Morgan fingerprint density at radius 1 is 1.14 bits per heavy atom. The Kier molecular flexibility index (Phi) is 6.74. The number of rotatable bonds is 7. The Morgan fingerprint density at radius 2 is 1.90 bits per heavy atom. The summed E-state index contributed by atoms with van der Waals surface area (Å²) in [6.45, 7) is 1.54. The number of nitrogens with zero attached hydrogens (tertiary/aromatic N) is 2. The number of hydrogen-bond acceptors (Lipinski definition) is 5. The molecule has 3 rings (SSSR count). The number of nitrogens with one attached hydrogen (secondary N) is 1. The first-order valence-corrected chi connectivity index (χ1v) is 9.43. The molecule has 1 heterocycles. The summed E-state index contributed by atoms with van der Waals surface area (Å²) in [7, 11) is 0. The summed E-state index contributed by atoms with van der Waals surface area (Å²) in [4.78, 5) is 24.8. The van der Waals surface area contributed by atoms with Crippen LogP contribution in [0.3, 0.4) is 0 Å². The number of carbonyl (C=O) groups excluding carboxylic acids is 2. The summed E-state index contributed by atoms with van der Waals surface area (Å²) in [5.41, 5.74) is 0.794. The Morgan fingerprint density at radius 3 is 2.62 bits per heavy atom. The number of halogens is 2. The van der Waals surface area contributed by atoms with E-state index in [1.165, 1.54) is 16.9 Å². The molecule has 29 heavy (non-hydrogen) atoms. The molecule has 1 aromatic heterocycles. The number of carbonyl (C=O) groups is 2. The maximum absolute atomic E-state index is 12.5. The van der Waals surface area contributed by atoms with Gasteiger partial charge in [0.1, 0.15) is 11.3 Å². The lowest BCUT2D eigenvalue weighted by Crippen LogP contribution is -2.23. The van der Waals surface area contributed by atoms with Crippen molar-refractivity contribution in [2.45, 2.75) is 6.92 Å². The van der Waals surface area contributed by atoms with Gasteiger partial charge in [-0.1, -0.05) is 41.4 Å². The van der Waals surface area contributed by atoms with E-state index in [-0.39, 0.29) is 30.3 Å². The van der Waals surface area contributed by atoms with Gasteiger partial charge in [0.25, 0.3) is 5.91 Å². The van der Waals surface area contributed by atoms with Crippen molar-refractivity contribution in [1.82, 2.24) is 9.78 Å². The highest BCUT2D eigenvalue weighted by Gasteiger charge is 2.21. The zero-order chi connectivity index (χ0) is 20.8. The minimum absolute atomic E-state index is 0.129. The summed E-state index contributed by atoms with van der Waals surface area (Å²) < 4.78 is 11.9. The molecule has 0 radical (unpaired) electrons. The molecule has 0 atom stereocenters. The zero-order valence-electron chi connectivity index (χ0n) is 15.4. The molecule has 0 aliphatic carbocycles. The van der Waals surface area contributed by atoms with Gasteiger partial charge >= 0.3 is 5.97 Å². The number of para-hydroxylation sites is 1. The van der Waals surface area contributed by atoms with E-state index in [9.17, 15) is 9.59 Å². The summed E-state index contributed by atoms with van der Waals surface area (Å²) in [6, 6.07) is 13.8. The molecule has 7 nitrogen and oxygen atoms in total. The van der Waals surface area contributed by atoms with Crippen molar-refractivity contribution in [2.75, 3.05) is 18.5 Å². The van der Waals surface area contributed by atoms with Crippen molar-refractivity contribution >= 4 is 40.9 Å². The van der Waals surface area contributed by atoms with E-state index in [0.717, 1.165) is 0 Å². The fraction of sp³-hybridized carbons (Fsp3) is 0.150. The SMILES string of the molecule is CCOC(=O)c1cnn(-c2ccccc2)c1NC(=O)COc1cc(Cl)ccc1Cl. The highest BCUT2D eigenvalue weighted by molar-refractivity contribution is 6.34. The van der Waals surface area contributed by atoms with Crippen LogP contribution in [0.15, 0.2) is 54.7 Å². The summed E-state index contributed by atoms with van der Waals surface area (Å²) in [6.07, 6.45) is 1.34. The quantitative estimate of drug-likeness (QED) is 0.559. The second-order valence-electron chi connectivity index (χ2n) is 5.79. The Labute approximate surface area is 177 Å². The third kappa shape index (κ3) is 5.07. The minimum Gasteiger partial charge on any atom is -0.482 e. The Balaban J connectivity index is 1.82. The van der Waals surface area contributed by atoms with Crippen LogP contribution in [0.2, 0.25) is 10.0 Å². The van der Waals surface area contributed by atoms with E-state index in [1.807, 2.05) is 18.2 Å². The molecule has 150 valence electrons. The number of aromatic nitrogens is 2. The summed E-state index contributed by atoms with van der Waals surface area (Å²) in [5, 5.41) is 7.62. The van der Waals surface area contributed by atoms with Crippen molar-refractivity contribution in [3.8, 4) is 11.4 Å². The lowest BCUT2D eigenvalue weighted by Gasteiger charge is -2.12. The molecule has 0 saturated carbocycles. The minimum atomic E-state index is -0.594. The van der Waals surface area contributed by atoms with E-state index in [4.69, 9.17) is 32.7 Å². The molecule has 1 amide bonds. The predicted molar refractivity (Wildman–Crippen MR) is 110 cm³/mol. The van der Waals surface area contributed by atoms with Crippen LogP contribution in [-0.2, 0) is 9.53 Å². The maximum atomic E-state index is 12.5. The van der Waals surface area contributed by atoms with Gasteiger partial charge in [0, 0.05) is 11.1 Å². The van der Waals surface area contributed by atoms with Gasteiger partial charge < -0.3 is 14.8 Å². The van der Waals surface area contributed by atoms with Gasteiger partial charge in [-0.3, -0.25) is 4.79 Å². The molecule has 0 aliphatic heterocycles. The number of ether oxygens (including phenoxy) is 2. The molecule has 0 unspecified atom stereocenters. The molecule has 3 aromatic rings. The van der Waals surface area contributed by atoms with Gasteiger partial charge in [-0.25, -0.2) is 9.48 Å². The van der Waals surface area contributed by atoms with Crippen LogP contribution in [0.1, 0.15) is 17.3 Å². The monoisotopic (exact) mass is 433 g/mol. The second kappa shape index (κ2) is 9.45. The van der Waals surface area contributed by atoms with E-state index >= 15 is 0 Å². The zero-order valence-corrected chi connectivity index (χ0v) is 16.9. The van der Waals surface area contributed by atoms with Crippen LogP contribution >= 0.6 is 23.2 Å². The normalized spacial score (nSPS) is 10.4. The number of amides is 1. The maximum Gasteiger partial charge on any atom is 0.343 e. The molecular formula is C20H17Cl2N3O4. The molecule has 0 aliphatic rings. The predicted octanol–water partition coefficient (Wildman–Crippen LogP) is 4.37. The number of esters is 1. The number of hydrogen-bond donors (Lipinski definition) is 1. The lowest BCUT2D eigenvalue weighted by molar-refractivity contribution is -0.118. The van der Waals surface area contributed by atoms with Crippen molar-refractivity contribution in [3.63, 3.8) is 0 Å². The third-order valence-electron chi connectivity index (χ3n) is 3.78. The van der Waals surface area contributed by atoms with Crippen LogP contribution in [0, 0.1) is 0 Å². The van der Waals surface area contributed by atoms with E-state index in [1.54, 1.807) is 31.2 Å². The smallest absolute Gasteiger partial charge is 0.343 e. The van der Waals surface area contributed by atoms with Crippen molar-refractivity contribution in [3.05, 3.63) is 70.3 Å². The fourth-order valence-corrected chi connectivity index (χ4v) is 2.83. The fourth-order valence-electron chi connectivity index (χ4n) is 2.49. The molecule has 1 N–H and O–H groups in total. The van der Waals surface area contributed by atoms with Crippen LogP contribution in [0.5, 0.6) is 5.75 Å². The summed E-state index contributed by atoms with van der Waals surface area (Å²) >= 11 is 12.0. The average molecular weight is 434 g/mol. The van der Waals surface area contributed by atoms with Gasteiger partial charge in [-0.2, -0.15) is 5.10 Å². The van der Waals surface area contributed by atoms with E-state index < -0.39 is 11.9 Å². The number of anilines is 1.